The summed E-state index contributed by atoms with van der Waals surface area (Å²) in [5, 5.41) is 1.11. The molecular formula is C13H16N4OS. The molecule has 0 aromatic carbocycles. The van der Waals surface area contributed by atoms with E-state index < -0.39 is 0 Å². The molecule has 6 heteroatoms. The van der Waals surface area contributed by atoms with Gasteiger partial charge in [0.05, 0.1) is 18.6 Å². The number of fused-ring (bicyclic) bond motifs is 3. The molecule has 1 aliphatic carbocycles. The Morgan fingerprint density at radius 2 is 2.00 bits per heavy atom. The molecule has 0 unspecified atom stereocenters. The Labute approximate surface area is 115 Å². The van der Waals surface area contributed by atoms with Gasteiger partial charge in [0.15, 0.2) is 0 Å². The second-order valence-electron chi connectivity index (χ2n) is 5.05. The monoisotopic (exact) mass is 276 g/mol. The number of hydrogen-bond donors (Lipinski definition) is 1. The molecule has 0 bridgehead atoms. The van der Waals surface area contributed by atoms with E-state index in [9.17, 15) is 0 Å². The highest BCUT2D eigenvalue weighted by atomic mass is 32.1. The van der Waals surface area contributed by atoms with Gasteiger partial charge in [0, 0.05) is 18.0 Å². The summed E-state index contributed by atoms with van der Waals surface area (Å²) < 4.78 is 5.36. The van der Waals surface area contributed by atoms with Gasteiger partial charge in [-0.25, -0.2) is 4.98 Å². The van der Waals surface area contributed by atoms with Crippen molar-refractivity contribution in [1.82, 2.24) is 9.97 Å². The van der Waals surface area contributed by atoms with E-state index in [0.717, 1.165) is 48.9 Å². The molecule has 1 aliphatic heterocycles. The van der Waals surface area contributed by atoms with Crippen LogP contribution >= 0.6 is 11.3 Å². The zero-order chi connectivity index (χ0) is 12.8. The standard InChI is InChI=1S/C13H16N4OS/c14-11-10-8-2-1-3-9(8)19-12(10)16-13(15-11)17-4-6-18-7-5-17/h1-7H2,(H2,14,15,16). The third kappa shape index (κ3) is 1.78. The molecule has 19 heavy (non-hydrogen) atoms. The van der Waals surface area contributed by atoms with E-state index in [-0.39, 0.29) is 0 Å². The van der Waals surface area contributed by atoms with Gasteiger partial charge >= 0.3 is 0 Å². The Kier molecular flexibility index (Phi) is 2.60. The summed E-state index contributed by atoms with van der Waals surface area (Å²) in [6.07, 6.45) is 3.53. The molecule has 0 atom stereocenters. The van der Waals surface area contributed by atoms with Gasteiger partial charge in [-0.1, -0.05) is 0 Å². The lowest BCUT2D eigenvalue weighted by Gasteiger charge is -2.26. The summed E-state index contributed by atoms with van der Waals surface area (Å²) in [7, 11) is 0. The first-order chi connectivity index (χ1) is 9.33. The van der Waals surface area contributed by atoms with E-state index in [1.165, 1.54) is 23.3 Å². The van der Waals surface area contributed by atoms with Crippen molar-refractivity contribution in [3.63, 3.8) is 0 Å². The van der Waals surface area contributed by atoms with E-state index in [0.29, 0.717) is 5.82 Å². The van der Waals surface area contributed by atoms with Gasteiger partial charge in [0.2, 0.25) is 5.95 Å². The van der Waals surface area contributed by atoms with Crippen LogP contribution in [0.4, 0.5) is 11.8 Å². The van der Waals surface area contributed by atoms with Crippen molar-refractivity contribution < 1.29 is 4.74 Å². The molecule has 0 spiro atoms. The average molecular weight is 276 g/mol. The molecule has 2 aliphatic rings. The fraction of sp³-hybridized carbons (Fsp3) is 0.538. The Hall–Kier alpha value is -1.40. The fourth-order valence-electron chi connectivity index (χ4n) is 2.92. The highest BCUT2D eigenvalue weighted by Gasteiger charge is 2.23. The van der Waals surface area contributed by atoms with Crippen LogP contribution in [0.3, 0.4) is 0 Å². The van der Waals surface area contributed by atoms with E-state index >= 15 is 0 Å². The van der Waals surface area contributed by atoms with Crippen LogP contribution in [-0.2, 0) is 17.6 Å². The number of nitrogens with two attached hydrogens (primary N) is 1. The second kappa shape index (κ2) is 4.31. The maximum absolute atomic E-state index is 6.18. The summed E-state index contributed by atoms with van der Waals surface area (Å²) in [6, 6.07) is 0. The predicted octanol–water partition coefficient (Wildman–Crippen LogP) is 1.60. The number of anilines is 2. The predicted molar refractivity (Wildman–Crippen MR) is 76.9 cm³/mol. The lowest BCUT2D eigenvalue weighted by molar-refractivity contribution is 0.122. The van der Waals surface area contributed by atoms with Crippen molar-refractivity contribution in [2.45, 2.75) is 19.3 Å². The fourth-order valence-corrected chi connectivity index (χ4v) is 4.18. The molecule has 5 nitrogen and oxygen atoms in total. The topological polar surface area (TPSA) is 64.3 Å². The van der Waals surface area contributed by atoms with E-state index in [4.69, 9.17) is 15.5 Å². The van der Waals surface area contributed by atoms with Gasteiger partial charge in [-0.15, -0.1) is 11.3 Å². The van der Waals surface area contributed by atoms with E-state index in [1.807, 2.05) is 0 Å². The highest BCUT2D eigenvalue weighted by molar-refractivity contribution is 7.19. The van der Waals surface area contributed by atoms with E-state index in [2.05, 4.69) is 9.88 Å². The summed E-state index contributed by atoms with van der Waals surface area (Å²) >= 11 is 1.79. The van der Waals surface area contributed by atoms with Crippen LogP contribution in [0.25, 0.3) is 10.2 Å². The van der Waals surface area contributed by atoms with Crippen LogP contribution in [0.15, 0.2) is 0 Å². The molecule has 3 heterocycles. The summed E-state index contributed by atoms with van der Waals surface area (Å²) in [6.45, 7) is 3.16. The number of ether oxygens (including phenoxy) is 1. The Balaban J connectivity index is 1.82. The van der Waals surface area contributed by atoms with Crippen molar-refractivity contribution in [2.24, 2.45) is 0 Å². The lowest BCUT2D eigenvalue weighted by Crippen LogP contribution is -2.37. The largest absolute Gasteiger partial charge is 0.383 e. The van der Waals surface area contributed by atoms with Crippen molar-refractivity contribution in [2.75, 3.05) is 36.9 Å². The Bertz CT molecular complexity index is 633. The molecule has 2 aromatic rings. The van der Waals surface area contributed by atoms with Gasteiger partial charge in [0.1, 0.15) is 10.6 Å². The number of nitrogens with zero attached hydrogens (tertiary/aromatic N) is 3. The third-order valence-corrected chi connectivity index (χ3v) is 5.06. The maximum atomic E-state index is 6.18. The molecular weight excluding hydrogens is 260 g/mol. The highest BCUT2D eigenvalue weighted by Crippen LogP contribution is 2.39. The Morgan fingerprint density at radius 3 is 2.84 bits per heavy atom. The molecule has 1 saturated heterocycles. The first-order valence-corrected chi connectivity index (χ1v) is 7.55. The third-order valence-electron chi connectivity index (χ3n) is 3.87. The van der Waals surface area contributed by atoms with Crippen molar-refractivity contribution in [3.05, 3.63) is 10.4 Å². The minimum Gasteiger partial charge on any atom is -0.383 e. The maximum Gasteiger partial charge on any atom is 0.228 e. The Morgan fingerprint density at radius 1 is 1.16 bits per heavy atom. The molecule has 1 fully saturated rings. The number of morpholine rings is 1. The van der Waals surface area contributed by atoms with Gasteiger partial charge in [-0.05, 0) is 24.8 Å². The van der Waals surface area contributed by atoms with Crippen molar-refractivity contribution in [3.8, 4) is 0 Å². The summed E-state index contributed by atoms with van der Waals surface area (Å²) in [5.74, 6) is 1.40. The molecule has 0 saturated carbocycles. The number of aryl methyl sites for hydroxylation is 2. The van der Waals surface area contributed by atoms with Crippen LogP contribution < -0.4 is 10.6 Å². The van der Waals surface area contributed by atoms with Crippen molar-refractivity contribution in [1.29, 1.82) is 0 Å². The minimum atomic E-state index is 0.644. The number of thiophene rings is 1. The SMILES string of the molecule is Nc1nc(N2CCOCC2)nc2sc3c(c12)CCC3. The molecule has 0 radical (unpaired) electrons. The molecule has 0 amide bonds. The quantitative estimate of drug-likeness (QED) is 0.857. The first kappa shape index (κ1) is 11.4. The number of aromatic nitrogens is 2. The van der Waals surface area contributed by atoms with Crippen LogP contribution in [0.2, 0.25) is 0 Å². The normalized spacial score (nSPS) is 19.1. The number of rotatable bonds is 1. The summed E-state index contributed by atoms with van der Waals surface area (Å²) in [4.78, 5) is 13.9. The molecule has 2 N–H and O–H groups in total. The lowest BCUT2D eigenvalue weighted by atomic mass is 10.2. The first-order valence-electron chi connectivity index (χ1n) is 6.73. The molecule has 100 valence electrons. The zero-order valence-electron chi connectivity index (χ0n) is 10.7. The van der Waals surface area contributed by atoms with Crippen LogP contribution in [-0.4, -0.2) is 36.3 Å². The van der Waals surface area contributed by atoms with Crippen LogP contribution in [0, 0.1) is 0 Å². The second-order valence-corrected chi connectivity index (χ2v) is 6.13. The smallest absolute Gasteiger partial charge is 0.228 e. The van der Waals surface area contributed by atoms with Crippen molar-refractivity contribution >= 4 is 33.3 Å². The van der Waals surface area contributed by atoms with Gasteiger partial charge in [0.25, 0.3) is 0 Å². The summed E-state index contributed by atoms with van der Waals surface area (Å²) in [5.41, 5.74) is 7.57. The molecule has 2 aromatic heterocycles. The zero-order valence-corrected chi connectivity index (χ0v) is 11.5. The molecule has 4 rings (SSSR count). The van der Waals surface area contributed by atoms with Gasteiger partial charge in [-0.2, -0.15) is 4.98 Å². The van der Waals surface area contributed by atoms with Crippen LogP contribution in [0.1, 0.15) is 16.9 Å². The van der Waals surface area contributed by atoms with E-state index in [1.54, 1.807) is 11.3 Å². The minimum absolute atomic E-state index is 0.644. The number of nitrogen functional groups attached to an aromatic ring is 1. The number of hydrogen-bond acceptors (Lipinski definition) is 6. The van der Waals surface area contributed by atoms with Crippen LogP contribution in [0.5, 0.6) is 0 Å². The van der Waals surface area contributed by atoms with Gasteiger partial charge < -0.3 is 15.4 Å². The van der Waals surface area contributed by atoms with Gasteiger partial charge in [-0.3, -0.25) is 0 Å². The average Bonchev–Trinajstić information content (AvgIpc) is 2.99.